The highest BCUT2D eigenvalue weighted by atomic mass is 16.5. The van der Waals surface area contributed by atoms with Crippen LogP contribution in [0, 0.1) is 0 Å². The van der Waals surface area contributed by atoms with Crippen LogP contribution in [0.15, 0.2) is 53.7 Å². The average molecular weight is 481 g/mol. The Morgan fingerprint density at radius 1 is 1.06 bits per heavy atom. The molecule has 2 aliphatic rings. The molecule has 1 saturated heterocycles. The molecule has 0 aromatic heterocycles. The Bertz CT molecular complexity index is 1070. The first kappa shape index (κ1) is 25.1. The van der Waals surface area contributed by atoms with Gasteiger partial charge in [-0.3, -0.25) is 9.69 Å². The number of methoxy groups -OCH3 is 1. The SMILES string of the molecule is COc1ccc(C2(c3cc(OC(C)C)ccc3OCCN3CCOCC3)C(=O)NC(C)=C2C)cc1. The fraction of sp³-hybridized carbons (Fsp3) is 0.464. The summed E-state index contributed by atoms with van der Waals surface area (Å²) < 4.78 is 23.2. The minimum atomic E-state index is -1.04. The molecule has 188 valence electrons. The van der Waals surface area contributed by atoms with E-state index in [1.54, 1.807) is 7.11 Å². The second-order valence-electron chi connectivity index (χ2n) is 9.31. The Morgan fingerprint density at radius 2 is 1.74 bits per heavy atom. The largest absolute Gasteiger partial charge is 0.497 e. The Balaban J connectivity index is 1.78. The summed E-state index contributed by atoms with van der Waals surface area (Å²) in [5.41, 5.74) is 2.37. The number of hydrogen-bond acceptors (Lipinski definition) is 6. The Labute approximate surface area is 208 Å². The Hall–Kier alpha value is -3.03. The fourth-order valence-corrected chi connectivity index (χ4v) is 4.86. The number of morpholine rings is 1. The standard InChI is InChI=1S/C28H36N2O5/c1-19(2)35-24-10-11-26(34-17-14-30-12-15-33-16-13-30)25(18-24)28(20(3)21(4)29-27(28)31)22-6-8-23(32-5)9-7-22/h6-11,18-19H,12-17H2,1-5H3,(H,29,31). The predicted octanol–water partition coefficient (Wildman–Crippen LogP) is 3.90. The van der Waals surface area contributed by atoms with Crippen molar-refractivity contribution in [3.63, 3.8) is 0 Å². The molecule has 1 N–H and O–H groups in total. The van der Waals surface area contributed by atoms with Gasteiger partial charge in [-0.05, 0) is 69.2 Å². The van der Waals surface area contributed by atoms with Gasteiger partial charge in [0.25, 0.3) is 0 Å². The second kappa shape index (κ2) is 10.7. The summed E-state index contributed by atoms with van der Waals surface area (Å²) in [6, 6.07) is 13.5. The normalized spacial score (nSPS) is 20.8. The number of benzene rings is 2. The molecule has 2 aliphatic heterocycles. The molecule has 2 heterocycles. The van der Waals surface area contributed by atoms with Crippen LogP contribution in [0.5, 0.6) is 17.2 Å². The quantitative estimate of drug-likeness (QED) is 0.587. The highest BCUT2D eigenvalue weighted by Gasteiger charge is 2.50. The highest BCUT2D eigenvalue weighted by molar-refractivity contribution is 6.00. The zero-order valence-corrected chi connectivity index (χ0v) is 21.3. The lowest BCUT2D eigenvalue weighted by Gasteiger charge is -2.32. The topological polar surface area (TPSA) is 69.3 Å². The molecule has 2 aromatic carbocycles. The van der Waals surface area contributed by atoms with Gasteiger partial charge in [-0.2, -0.15) is 0 Å². The van der Waals surface area contributed by atoms with E-state index in [4.69, 9.17) is 18.9 Å². The third-order valence-electron chi connectivity index (χ3n) is 6.79. The average Bonchev–Trinajstić information content (AvgIpc) is 3.08. The summed E-state index contributed by atoms with van der Waals surface area (Å²) in [6.07, 6.45) is 0.00338. The summed E-state index contributed by atoms with van der Waals surface area (Å²) in [7, 11) is 1.63. The van der Waals surface area contributed by atoms with Crippen molar-refractivity contribution in [3.05, 3.63) is 64.9 Å². The molecule has 7 nitrogen and oxygen atoms in total. The van der Waals surface area contributed by atoms with Gasteiger partial charge in [0.2, 0.25) is 5.91 Å². The lowest BCUT2D eigenvalue weighted by molar-refractivity contribution is -0.122. The predicted molar refractivity (Wildman–Crippen MR) is 135 cm³/mol. The van der Waals surface area contributed by atoms with Gasteiger partial charge < -0.3 is 24.3 Å². The van der Waals surface area contributed by atoms with Crippen molar-refractivity contribution in [2.45, 2.75) is 39.2 Å². The van der Waals surface area contributed by atoms with E-state index in [1.807, 2.05) is 70.2 Å². The van der Waals surface area contributed by atoms with Crippen molar-refractivity contribution in [1.82, 2.24) is 10.2 Å². The van der Waals surface area contributed by atoms with Gasteiger partial charge in [-0.1, -0.05) is 12.1 Å². The van der Waals surface area contributed by atoms with Crippen molar-refractivity contribution in [3.8, 4) is 17.2 Å². The minimum Gasteiger partial charge on any atom is -0.497 e. The number of carbonyl (C=O) groups is 1. The maximum atomic E-state index is 13.8. The summed E-state index contributed by atoms with van der Waals surface area (Å²) in [6.45, 7) is 12.5. The Kier molecular flexibility index (Phi) is 7.67. The first-order valence-electron chi connectivity index (χ1n) is 12.2. The number of allylic oxidation sites excluding steroid dienone is 1. The van der Waals surface area contributed by atoms with Crippen LogP contribution in [0.1, 0.15) is 38.8 Å². The van der Waals surface area contributed by atoms with Crippen molar-refractivity contribution >= 4 is 5.91 Å². The molecule has 1 fully saturated rings. The highest BCUT2D eigenvalue weighted by Crippen LogP contribution is 2.48. The second-order valence-corrected chi connectivity index (χ2v) is 9.31. The van der Waals surface area contributed by atoms with Crippen LogP contribution in [0.25, 0.3) is 0 Å². The van der Waals surface area contributed by atoms with Gasteiger partial charge >= 0.3 is 0 Å². The summed E-state index contributed by atoms with van der Waals surface area (Å²) >= 11 is 0. The lowest BCUT2D eigenvalue weighted by atomic mass is 9.69. The molecule has 0 radical (unpaired) electrons. The van der Waals surface area contributed by atoms with Crippen LogP contribution in [0.2, 0.25) is 0 Å². The van der Waals surface area contributed by atoms with Gasteiger partial charge in [0.15, 0.2) is 0 Å². The molecule has 0 aliphatic carbocycles. The van der Waals surface area contributed by atoms with E-state index in [2.05, 4.69) is 10.2 Å². The van der Waals surface area contributed by atoms with Crippen molar-refractivity contribution < 1.29 is 23.7 Å². The first-order valence-corrected chi connectivity index (χ1v) is 12.2. The number of amides is 1. The summed E-state index contributed by atoms with van der Waals surface area (Å²) in [5.74, 6) is 2.01. The van der Waals surface area contributed by atoms with Crippen LogP contribution in [-0.2, 0) is 14.9 Å². The van der Waals surface area contributed by atoms with Crippen LogP contribution in [0.4, 0.5) is 0 Å². The number of carbonyl (C=O) groups excluding carboxylic acids is 1. The molecular formula is C28H36N2O5. The minimum absolute atomic E-state index is 0.00338. The monoisotopic (exact) mass is 480 g/mol. The zero-order valence-electron chi connectivity index (χ0n) is 21.3. The van der Waals surface area contributed by atoms with E-state index in [9.17, 15) is 4.79 Å². The maximum absolute atomic E-state index is 13.8. The molecule has 2 aromatic rings. The number of hydrogen-bond donors (Lipinski definition) is 1. The molecule has 0 spiro atoms. The molecule has 1 amide bonds. The third kappa shape index (κ3) is 5.02. The number of rotatable bonds is 9. The van der Waals surface area contributed by atoms with E-state index in [0.29, 0.717) is 18.1 Å². The van der Waals surface area contributed by atoms with Gasteiger partial charge in [0.1, 0.15) is 29.3 Å². The van der Waals surface area contributed by atoms with E-state index in [0.717, 1.165) is 61.0 Å². The molecule has 4 rings (SSSR count). The molecule has 0 saturated carbocycles. The molecule has 0 bridgehead atoms. The molecule has 35 heavy (non-hydrogen) atoms. The summed E-state index contributed by atoms with van der Waals surface area (Å²) in [5, 5.41) is 3.07. The van der Waals surface area contributed by atoms with E-state index >= 15 is 0 Å². The molecule has 7 heteroatoms. The van der Waals surface area contributed by atoms with Crippen molar-refractivity contribution in [1.29, 1.82) is 0 Å². The summed E-state index contributed by atoms with van der Waals surface area (Å²) in [4.78, 5) is 16.1. The number of nitrogens with one attached hydrogen (secondary N) is 1. The zero-order chi connectivity index (χ0) is 25.0. The van der Waals surface area contributed by atoms with Gasteiger partial charge in [0.05, 0.1) is 26.4 Å². The van der Waals surface area contributed by atoms with Crippen LogP contribution >= 0.6 is 0 Å². The van der Waals surface area contributed by atoms with E-state index < -0.39 is 5.41 Å². The molecule has 1 unspecified atom stereocenters. The number of ether oxygens (including phenoxy) is 4. The van der Waals surface area contributed by atoms with Crippen molar-refractivity contribution in [2.24, 2.45) is 0 Å². The van der Waals surface area contributed by atoms with Gasteiger partial charge in [-0.15, -0.1) is 0 Å². The van der Waals surface area contributed by atoms with Gasteiger partial charge in [0, 0.05) is 30.9 Å². The lowest BCUT2D eigenvalue weighted by Crippen LogP contribution is -2.40. The van der Waals surface area contributed by atoms with Crippen LogP contribution < -0.4 is 19.5 Å². The van der Waals surface area contributed by atoms with Crippen LogP contribution in [0.3, 0.4) is 0 Å². The fourth-order valence-electron chi connectivity index (χ4n) is 4.86. The third-order valence-corrected chi connectivity index (χ3v) is 6.79. The first-order chi connectivity index (χ1) is 16.9. The maximum Gasteiger partial charge on any atom is 0.243 e. The molecule has 1 atom stereocenters. The van der Waals surface area contributed by atoms with Crippen LogP contribution in [-0.4, -0.2) is 63.5 Å². The van der Waals surface area contributed by atoms with E-state index in [1.165, 1.54) is 0 Å². The number of nitrogens with zero attached hydrogens (tertiary/aromatic N) is 1. The van der Waals surface area contributed by atoms with Crippen molar-refractivity contribution in [2.75, 3.05) is 46.6 Å². The van der Waals surface area contributed by atoms with Gasteiger partial charge in [-0.25, -0.2) is 0 Å². The Morgan fingerprint density at radius 3 is 2.34 bits per heavy atom. The smallest absolute Gasteiger partial charge is 0.243 e. The van der Waals surface area contributed by atoms with E-state index in [-0.39, 0.29) is 12.0 Å². The molecular weight excluding hydrogens is 444 g/mol.